The Morgan fingerprint density at radius 2 is 1.88 bits per heavy atom. The van der Waals surface area contributed by atoms with E-state index in [9.17, 15) is 9.59 Å². The monoisotopic (exact) mass is 329 g/mol. The van der Waals surface area contributed by atoms with Crippen molar-refractivity contribution in [3.8, 4) is 0 Å². The summed E-state index contributed by atoms with van der Waals surface area (Å²) in [7, 11) is 0. The first-order valence-electron chi connectivity index (χ1n) is 7.88. The van der Waals surface area contributed by atoms with Crippen molar-refractivity contribution in [3.63, 3.8) is 0 Å². The van der Waals surface area contributed by atoms with Gasteiger partial charge in [0.1, 0.15) is 6.04 Å². The van der Waals surface area contributed by atoms with E-state index in [1.807, 2.05) is 50.4 Å². The van der Waals surface area contributed by atoms with Gasteiger partial charge in [-0.15, -0.1) is 0 Å². The van der Waals surface area contributed by atoms with E-state index in [0.29, 0.717) is 6.54 Å². The van der Waals surface area contributed by atoms with Crippen LogP contribution < -0.4 is 16.0 Å². The van der Waals surface area contributed by atoms with E-state index in [1.165, 1.54) is 0 Å². The lowest BCUT2D eigenvalue weighted by atomic mass is 10.2. The van der Waals surface area contributed by atoms with Gasteiger partial charge in [0, 0.05) is 12.2 Å². The molecule has 24 heavy (non-hydrogen) atoms. The number of nitrogens with one attached hydrogen (secondary N) is 3. The lowest BCUT2D eigenvalue weighted by Gasteiger charge is -2.14. The van der Waals surface area contributed by atoms with E-state index in [-0.39, 0.29) is 6.04 Å². The number of aromatic nitrogens is 2. The average Bonchev–Trinajstić information content (AvgIpc) is 2.94. The molecule has 0 aliphatic rings. The molecule has 7 heteroatoms. The topological polar surface area (TPSA) is 88.1 Å². The van der Waals surface area contributed by atoms with Gasteiger partial charge >= 0.3 is 6.03 Å². The molecule has 0 aliphatic carbocycles. The van der Waals surface area contributed by atoms with Crippen LogP contribution in [0.4, 0.5) is 10.5 Å². The van der Waals surface area contributed by atoms with Crippen LogP contribution in [-0.2, 0) is 11.3 Å². The van der Waals surface area contributed by atoms with Crippen LogP contribution in [0.15, 0.2) is 42.7 Å². The largest absolute Gasteiger partial charge is 0.371 e. The maximum atomic E-state index is 12.0. The molecule has 0 radical (unpaired) electrons. The molecule has 1 aromatic carbocycles. The van der Waals surface area contributed by atoms with Crippen molar-refractivity contribution in [1.29, 1.82) is 0 Å². The Labute approximate surface area is 141 Å². The van der Waals surface area contributed by atoms with Crippen LogP contribution in [0.5, 0.6) is 0 Å². The maximum absolute atomic E-state index is 12.0. The Kier molecular flexibility index (Phi) is 5.95. The molecule has 0 saturated heterocycles. The predicted molar refractivity (Wildman–Crippen MR) is 92.7 cm³/mol. The summed E-state index contributed by atoms with van der Waals surface area (Å²) in [5, 5.41) is 12.2. The molecule has 0 aliphatic heterocycles. The van der Waals surface area contributed by atoms with Gasteiger partial charge < -0.3 is 10.6 Å². The molecular weight excluding hydrogens is 306 g/mol. The highest BCUT2D eigenvalue weighted by Gasteiger charge is 2.16. The molecule has 1 aromatic heterocycles. The summed E-state index contributed by atoms with van der Waals surface area (Å²) in [6.45, 7) is 5.99. The van der Waals surface area contributed by atoms with E-state index in [1.54, 1.807) is 17.8 Å². The molecule has 1 heterocycles. The average molecular weight is 329 g/mol. The summed E-state index contributed by atoms with van der Waals surface area (Å²) in [4.78, 5) is 23.5. The molecule has 2 rings (SSSR count). The molecule has 3 N–H and O–H groups in total. The van der Waals surface area contributed by atoms with Gasteiger partial charge in [-0.2, -0.15) is 5.10 Å². The highest BCUT2D eigenvalue weighted by atomic mass is 16.2. The van der Waals surface area contributed by atoms with Crippen molar-refractivity contribution < 1.29 is 9.59 Å². The number of rotatable bonds is 6. The summed E-state index contributed by atoms with van der Waals surface area (Å²) >= 11 is 0. The van der Waals surface area contributed by atoms with Gasteiger partial charge in [-0.3, -0.25) is 14.8 Å². The number of urea groups is 1. The maximum Gasteiger partial charge on any atom is 0.321 e. The molecule has 7 nitrogen and oxygen atoms in total. The first-order valence-corrected chi connectivity index (χ1v) is 7.88. The van der Waals surface area contributed by atoms with Crippen molar-refractivity contribution in [1.82, 2.24) is 20.4 Å². The van der Waals surface area contributed by atoms with Crippen LogP contribution in [0.2, 0.25) is 0 Å². The van der Waals surface area contributed by atoms with Crippen LogP contribution in [0, 0.1) is 0 Å². The molecule has 2 aromatic rings. The standard InChI is InChI=1S/C17H23N5O2/c1-12(2)19-17(24)21-16(23)13(3)20-15-9-18-22(11-15)10-14-7-5-4-6-8-14/h4-9,11-13,20H,10H2,1-3H3,(H2,19,21,23,24)/t13-/m1/s1. The highest BCUT2D eigenvalue weighted by molar-refractivity contribution is 5.98. The summed E-state index contributed by atoms with van der Waals surface area (Å²) < 4.78 is 1.79. The lowest BCUT2D eigenvalue weighted by Crippen LogP contribution is -2.47. The van der Waals surface area contributed by atoms with Gasteiger partial charge in [0.25, 0.3) is 0 Å². The Morgan fingerprint density at radius 3 is 2.54 bits per heavy atom. The highest BCUT2D eigenvalue weighted by Crippen LogP contribution is 2.09. The Balaban J connectivity index is 1.87. The third-order valence-corrected chi connectivity index (χ3v) is 3.25. The molecule has 0 spiro atoms. The second kappa shape index (κ2) is 8.14. The minimum Gasteiger partial charge on any atom is -0.371 e. The van der Waals surface area contributed by atoms with Crippen molar-refractivity contribution >= 4 is 17.6 Å². The molecule has 0 fully saturated rings. The van der Waals surface area contributed by atoms with Crippen LogP contribution >= 0.6 is 0 Å². The predicted octanol–water partition coefficient (Wildman–Crippen LogP) is 1.97. The second-order valence-corrected chi connectivity index (χ2v) is 5.90. The van der Waals surface area contributed by atoms with Gasteiger partial charge in [-0.1, -0.05) is 30.3 Å². The fourth-order valence-corrected chi connectivity index (χ4v) is 2.13. The van der Waals surface area contributed by atoms with Gasteiger partial charge in [-0.05, 0) is 26.3 Å². The zero-order valence-electron chi connectivity index (χ0n) is 14.1. The van der Waals surface area contributed by atoms with Crippen molar-refractivity contribution in [2.75, 3.05) is 5.32 Å². The van der Waals surface area contributed by atoms with Crippen molar-refractivity contribution in [2.24, 2.45) is 0 Å². The number of carbonyl (C=O) groups is 2. The zero-order chi connectivity index (χ0) is 17.5. The summed E-state index contributed by atoms with van der Waals surface area (Å²) in [6.07, 6.45) is 3.48. The number of nitrogens with zero attached hydrogens (tertiary/aromatic N) is 2. The number of hydrogen-bond acceptors (Lipinski definition) is 4. The van der Waals surface area contributed by atoms with E-state index >= 15 is 0 Å². The van der Waals surface area contributed by atoms with Crippen LogP contribution in [-0.4, -0.2) is 33.8 Å². The number of amides is 3. The van der Waals surface area contributed by atoms with E-state index in [0.717, 1.165) is 11.3 Å². The Morgan fingerprint density at radius 1 is 1.17 bits per heavy atom. The SMILES string of the molecule is CC(C)NC(=O)NC(=O)[C@@H](C)Nc1cnn(Cc2ccccc2)c1. The number of anilines is 1. The quantitative estimate of drug-likeness (QED) is 0.756. The minimum atomic E-state index is -0.558. The summed E-state index contributed by atoms with van der Waals surface area (Å²) in [6, 6.07) is 8.89. The van der Waals surface area contributed by atoms with Crippen LogP contribution in [0.25, 0.3) is 0 Å². The van der Waals surface area contributed by atoms with E-state index in [2.05, 4.69) is 21.0 Å². The Hall–Kier alpha value is -2.83. The van der Waals surface area contributed by atoms with Crippen molar-refractivity contribution in [3.05, 3.63) is 48.3 Å². The Bertz CT molecular complexity index is 681. The first-order chi connectivity index (χ1) is 11.4. The first kappa shape index (κ1) is 17.5. The van der Waals surface area contributed by atoms with Gasteiger partial charge in [0.05, 0.1) is 18.4 Å². The van der Waals surface area contributed by atoms with E-state index in [4.69, 9.17) is 0 Å². The molecule has 0 unspecified atom stereocenters. The van der Waals surface area contributed by atoms with Gasteiger partial charge in [0.15, 0.2) is 0 Å². The van der Waals surface area contributed by atoms with Gasteiger partial charge in [0.2, 0.25) is 5.91 Å². The second-order valence-electron chi connectivity index (χ2n) is 5.90. The smallest absolute Gasteiger partial charge is 0.321 e. The zero-order valence-corrected chi connectivity index (χ0v) is 14.1. The van der Waals surface area contributed by atoms with E-state index < -0.39 is 18.0 Å². The number of benzene rings is 1. The minimum absolute atomic E-state index is 0.0303. The third-order valence-electron chi connectivity index (χ3n) is 3.25. The summed E-state index contributed by atoms with van der Waals surface area (Å²) in [5.74, 6) is -0.399. The number of imide groups is 1. The molecular formula is C17H23N5O2. The molecule has 1 atom stereocenters. The van der Waals surface area contributed by atoms with Crippen LogP contribution in [0.1, 0.15) is 26.3 Å². The molecule has 0 bridgehead atoms. The molecule has 0 saturated carbocycles. The lowest BCUT2D eigenvalue weighted by molar-refractivity contribution is -0.120. The molecule has 3 amide bonds. The number of hydrogen-bond donors (Lipinski definition) is 3. The normalized spacial score (nSPS) is 11.8. The third kappa shape index (κ3) is 5.42. The summed E-state index contributed by atoms with van der Waals surface area (Å²) in [5.41, 5.74) is 1.86. The van der Waals surface area contributed by atoms with Crippen LogP contribution in [0.3, 0.4) is 0 Å². The fourth-order valence-electron chi connectivity index (χ4n) is 2.13. The fraction of sp³-hybridized carbons (Fsp3) is 0.353. The number of carbonyl (C=O) groups excluding carboxylic acids is 2. The molecule has 128 valence electrons. The van der Waals surface area contributed by atoms with Crippen molar-refractivity contribution in [2.45, 2.75) is 39.4 Å². The van der Waals surface area contributed by atoms with Gasteiger partial charge in [-0.25, -0.2) is 4.79 Å².